The summed E-state index contributed by atoms with van der Waals surface area (Å²) < 4.78 is 25.2. The van der Waals surface area contributed by atoms with Crippen molar-refractivity contribution >= 4 is 17.9 Å². The van der Waals surface area contributed by atoms with Crippen LogP contribution in [-0.2, 0) is 33.3 Å². The average molecular weight is 749 g/mol. The van der Waals surface area contributed by atoms with E-state index in [4.69, 9.17) is 18.9 Å². The van der Waals surface area contributed by atoms with Crippen LogP contribution in [0, 0.1) is 23.7 Å². The van der Waals surface area contributed by atoms with E-state index in [0.717, 1.165) is 25.7 Å². The molecule has 0 aromatic heterocycles. The second-order valence-electron chi connectivity index (χ2n) is 18.3. The van der Waals surface area contributed by atoms with Crippen LogP contribution >= 0.6 is 0 Å². The lowest BCUT2D eigenvalue weighted by molar-refractivity contribution is -0.185. The lowest BCUT2D eigenvalue weighted by atomic mass is 9.57. The summed E-state index contributed by atoms with van der Waals surface area (Å²) in [6, 6.07) is 0. The highest BCUT2D eigenvalue weighted by molar-refractivity contribution is 5.69. The monoisotopic (exact) mass is 749 g/mol. The first-order valence-corrected chi connectivity index (χ1v) is 22.1. The Hall–Kier alpha value is -1.67. The molecule has 8 heteroatoms. The minimum Gasteiger partial charge on any atom is -0.459 e. The van der Waals surface area contributed by atoms with Crippen molar-refractivity contribution in [3.05, 3.63) is 0 Å². The Labute approximate surface area is 324 Å². The highest BCUT2D eigenvalue weighted by Crippen LogP contribution is 2.58. The molecule has 0 amide bonds. The van der Waals surface area contributed by atoms with Gasteiger partial charge in [-0.25, -0.2) is 0 Å². The number of carbonyl (C=O) groups excluding carboxylic acids is 3. The van der Waals surface area contributed by atoms with E-state index in [1.54, 1.807) is 6.92 Å². The topological polar surface area (TPSA) is 108 Å². The van der Waals surface area contributed by atoms with Crippen molar-refractivity contribution in [1.29, 1.82) is 0 Å². The van der Waals surface area contributed by atoms with Gasteiger partial charge in [0, 0.05) is 38.5 Å². The van der Waals surface area contributed by atoms with Gasteiger partial charge in [-0.3, -0.25) is 14.4 Å². The van der Waals surface area contributed by atoms with Crippen LogP contribution in [0.5, 0.6) is 0 Å². The van der Waals surface area contributed by atoms with E-state index in [9.17, 15) is 19.5 Å². The van der Waals surface area contributed by atoms with Crippen molar-refractivity contribution in [3.8, 4) is 0 Å². The van der Waals surface area contributed by atoms with Gasteiger partial charge in [0.1, 0.15) is 29.0 Å². The van der Waals surface area contributed by atoms with Crippen LogP contribution in [0.15, 0.2) is 0 Å². The predicted octanol–water partition coefficient (Wildman–Crippen LogP) is 11.0. The van der Waals surface area contributed by atoms with Gasteiger partial charge in [-0.15, -0.1) is 0 Å². The molecule has 1 aliphatic carbocycles. The molecule has 3 fully saturated rings. The maximum Gasteiger partial charge on any atom is 0.306 e. The minimum absolute atomic E-state index is 0.0399. The Morgan fingerprint density at radius 3 is 1.62 bits per heavy atom. The van der Waals surface area contributed by atoms with Crippen molar-refractivity contribution in [2.45, 2.75) is 245 Å². The number of unbranched alkanes of at least 4 members (excludes halogenated alkanes) is 17. The van der Waals surface area contributed by atoms with Gasteiger partial charge >= 0.3 is 17.9 Å². The highest BCUT2D eigenvalue weighted by Gasteiger charge is 2.65. The van der Waals surface area contributed by atoms with E-state index in [1.165, 1.54) is 110 Å². The summed E-state index contributed by atoms with van der Waals surface area (Å²) in [5.74, 6) is -0.691. The van der Waals surface area contributed by atoms with Crippen molar-refractivity contribution in [2.75, 3.05) is 0 Å². The summed E-state index contributed by atoms with van der Waals surface area (Å²) in [6.45, 7) is 15.2. The van der Waals surface area contributed by atoms with Crippen molar-refractivity contribution in [3.63, 3.8) is 0 Å². The molecule has 0 unspecified atom stereocenters. The molecule has 53 heavy (non-hydrogen) atoms. The third-order valence-corrected chi connectivity index (χ3v) is 13.1. The van der Waals surface area contributed by atoms with Gasteiger partial charge in [0.2, 0.25) is 0 Å². The maximum atomic E-state index is 13.2. The van der Waals surface area contributed by atoms with Crippen molar-refractivity contribution in [2.24, 2.45) is 23.7 Å². The minimum atomic E-state index is -1.39. The molecule has 2 heterocycles. The summed E-state index contributed by atoms with van der Waals surface area (Å²) in [5, 5.41) is 12.1. The second-order valence-corrected chi connectivity index (χ2v) is 18.3. The number of rotatable bonds is 23. The first-order valence-electron chi connectivity index (χ1n) is 22.1. The number of hydrogen-bond donors (Lipinski definition) is 1. The summed E-state index contributed by atoms with van der Waals surface area (Å²) in [6.07, 6.45) is 24.4. The fourth-order valence-electron chi connectivity index (χ4n) is 10.3. The first kappa shape index (κ1) is 45.7. The Morgan fingerprint density at radius 1 is 0.698 bits per heavy atom. The zero-order valence-electron chi connectivity index (χ0n) is 35.3. The largest absolute Gasteiger partial charge is 0.459 e. The van der Waals surface area contributed by atoms with Gasteiger partial charge in [0.15, 0.2) is 0 Å². The molecule has 3 rings (SSSR count). The quantitative estimate of drug-likeness (QED) is 0.0625. The van der Waals surface area contributed by atoms with Gasteiger partial charge in [-0.1, -0.05) is 130 Å². The van der Waals surface area contributed by atoms with E-state index in [-0.39, 0.29) is 36.1 Å². The number of carbonyl (C=O) groups is 3. The van der Waals surface area contributed by atoms with Crippen LogP contribution in [0.4, 0.5) is 0 Å². The fraction of sp³-hybridized carbons (Fsp3) is 0.933. The van der Waals surface area contributed by atoms with E-state index in [2.05, 4.69) is 20.8 Å². The number of aliphatic hydroxyl groups is 1. The normalized spacial score (nSPS) is 32.7. The Balaban J connectivity index is 1.48. The average Bonchev–Trinajstić information content (AvgIpc) is 3.46. The molecule has 0 spiro atoms. The van der Waals surface area contributed by atoms with Crippen LogP contribution < -0.4 is 0 Å². The molecule has 0 aromatic rings. The molecular weight excluding hydrogens is 668 g/mol. The number of esters is 3. The zero-order chi connectivity index (χ0) is 39.1. The number of ether oxygens (including phenoxy) is 4. The third-order valence-electron chi connectivity index (χ3n) is 13.1. The standard InChI is InChI=1S/C45H80O8/c1-9-10-11-12-13-14-15-16-17-18-19-20-21-22-23-24-25-26-27-39(48)51-38-29-31-45(8,53-35(5)47)42-40-36(33(2)3)28-30-44(7,52-34(4)46)41(40)37(50-42)32-43(38,6)49/h33,36-38,40-42,49H,9-32H2,1-8H3/t36-,37-,38+,40-,41-,42-,43+,44-,45-/m0/s1. The Kier molecular flexibility index (Phi) is 19.1. The number of fused-ring (bicyclic) bond motifs is 5. The van der Waals surface area contributed by atoms with Crippen molar-refractivity contribution in [1.82, 2.24) is 0 Å². The summed E-state index contributed by atoms with van der Waals surface area (Å²) in [4.78, 5) is 38.2. The first-order chi connectivity index (χ1) is 25.1. The summed E-state index contributed by atoms with van der Waals surface area (Å²) >= 11 is 0. The van der Waals surface area contributed by atoms with E-state index < -0.39 is 41.1 Å². The van der Waals surface area contributed by atoms with E-state index in [0.29, 0.717) is 31.6 Å². The van der Waals surface area contributed by atoms with E-state index in [1.807, 2.05) is 13.8 Å². The molecule has 308 valence electrons. The molecule has 2 aliphatic heterocycles. The molecule has 1 saturated carbocycles. The molecule has 2 bridgehead atoms. The molecular formula is C45H80O8. The molecule has 2 saturated heterocycles. The SMILES string of the molecule is CCCCCCCCCCCCCCCCCCCCC(=O)O[C@@H]1CC[C@](C)(OC(C)=O)[C@H]2O[C@@H](C[C@@]1(C)O)[C@H]1[C@@H]2[C@H](C(C)C)CC[C@]1(C)OC(C)=O. The Morgan fingerprint density at radius 2 is 1.15 bits per heavy atom. The van der Waals surface area contributed by atoms with Gasteiger partial charge in [-0.05, 0) is 64.7 Å². The van der Waals surface area contributed by atoms with Crippen molar-refractivity contribution < 1.29 is 38.4 Å². The van der Waals surface area contributed by atoms with E-state index >= 15 is 0 Å². The van der Waals surface area contributed by atoms with Crippen LogP contribution in [0.25, 0.3) is 0 Å². The lowest BCUT2D eigenvalue weighted by Gasteiger charge is -2.51. The van der Waals surface area contributed by atoms with Gasteiger partial charge in [0.25, 0.3) is 0 Å². The zero-order valence-corrected chi connectivity index (χ0v) is 35.3. The molecule has 0 aromatic carbocycles. The second kappa shape index (κ2) is 22.2. The molecule has 3 aliphatic rings. The maximum absolute atomic E-state index is 13.2. The smallest absolute Gasteiger partial charge is 0.306 e. The number of hydrogen-bond acceptors (Lipinski definition) is 8. The lowest BCUT2D eigenvalue weighted by Crippen LogP contribution is -2.58. The molecule has 8 nitrogen and oxygen atoms in total. The predicted molar refractivity (Wildman–Crippen MR) is 211 cm³/mol. The highest BCUT2D eigenvalue weighted by atomic mass is 16.6. The van der Waals surface area contributed by atoms with Gasteiger partial charge < -0.3 is 24.1 Å². The van der Waals surface area contributed by atoms with Gasteiger partial charge in [-0.2, -0.15) is 0 Å². The van der Waals surface area contributed by atoms with Gasteiger partial charge in [0.05, 0.1) is 6.10 Å². The fourth-order valence-corrected chi connectivity index (χ4v) is 10.3. The molecule has 9 atom stereocenters. The summed E-state index contributed by atoms with van der Waals surface area (Å²) in [7, 11) is 0. The van der Waals surface area contributed by atoms with Crippen LogP contribution in [0.2, 0.25) is 0 Å². The Bertz CT molecular complexity index is 1100. The van der Waals surface area contributed by atoms with Crippen LogP contribution in [-0.4, -0.2) is 58.1 Å². The van der Waals surface area contributed by atoms with Crippen LogP contribution in [0.1, 0.15) is 209 Å². The van der Waals surface area contributed by atoms with Crippen LogP contribution in [0.3, 0.4) is 0 Å². The molecule has 0 radical (unpaired) electrons. The molecule has 1 N–H and O–H groups in total. The third kappa shape index (κ3) is 14.1. The summed E-state index contributed by atoms with van der Waals surface area (Å²) in [5.41, 5.74) is -3.20.